The Bertz CT molecular complexity index is 1130. The van der Waals surface area contributed by atoms with Crippen LogP contribution < -0.4 is 9.64 Å². The van der Waals surface area contributed by atoms with Crippen molar-refractivity contribution in [2.75, 3.05) is 37.6 Å². The molecule has 5 rings (SSSR count). The monoisotopic (exact) mass is 429 g/mol. The standard InChI is InChI=1S/C24H23N5O3/c30-22(28-14-12-27(13-15-28)16-18-6-3-4-10-25-18)17-29-20-8-5-11-26-23(20)32-21-9-2-1-7-19(21)24(29)31/h1-11H,12-17H2. The fourth-order valence-corrected chi connectivity index (χ4v) is 4.03. The number of amides is 2. The Balaban J connectivity index is 1.29. The summed E-state index contributed by atoms with van der Waals surface area (Å²) in [4.78, 5) is 40.7. The summed E-state index contributed by atoms with van der Waals surface area (Å²) >= 11 is 0. The van der Waals surface area contributed by atoms with Crippen molar-refractivity contribution in [3.8, 4) is 11.6 Å². The van der Waals surface area contributed by atoms with Crippen LogP contribution in [0.2, 0.25) is 0 Å². The highest BCUT2D eigenvalue weighted by molar-refractivity contribution is 6.11. The summed E-state index contributed by atoms with van der Waals surface area (Å²) in [7, 11) is 0. The molecule has 3 aromatic rings. The van der Waals surface area contributed by atoms with Gasteiger partial charge in [0.15, 0.2) is 0 Å². The van der Waals surface area contributed by atoms with Crippen molar-refractivity contribution in [1.82, 2.24) is 19.8 Å². The van der Waals surface area contributed by atoms with Crippen molar-refractivity contribution >= 4 is 17.5 Å². The first-order valence-electron chi connectivity index (χ1n) is 10.6. The predicted molar refractivity (Wildman–Crippen MR) is 119 cm³/mol. The molecule has 2 aliphatic rings. The van der Waals surface area contributed by atoms with Crippen molar-refractivity contribution in [3.63, 3.8) is 0 Å². The molecule has 0 N–H and O–H groups in total. The van der Waals surface area contributed by atoms with E-state index in [9.17, 15) is 9.59 Å². The van der Waals surface area contributed by atoms with E-state index in [0.29, 0.717) is 36.0 Å². The number of benzene rings is 1. The van der Waals surface area contributed by atoms with E-state index >= 15 is 0 Å². The van der Waals surface area contributed by atoms with Crippen LogP contribution in [0.1, 0.15) is 16.1 Å². The van der Waals surface area contributed by atoms with Crippen LogP contribution in [0.15, 0.2) is 67.0 Å². The Morgan fingerprint density at radius 1 is 0.906 bits per heavy atom. The van der Waals surface area contributed by atoms with Crippen LogP contribution >= 0.6 is 0 Å². The minimum atomic E-state index is -0.269. The number of fused-ring (bicyclic) bond motifs is 2. The van der Waals surface area contributed by atoms with E-state index in [4.69, 9.17) is 4.74 Å². The van der Waals surface area contributed by atoms with Crippen LogP contribution in [0.25, 0.3) is 0 Å². The van der Waals surface area contributed by atoms with Gasteiger partial charge in [-0.2, -0.15) is 0 Å². The van der Waals surface area contributed by atoms with Crippen LogP contribution in [-0.4, -0.2) is 64.3 Å². The second-order valence-electron chi connectivity index (χ2n) is 7.80. The molecule has 1 fully saturated rings. The quantitative estimate of drug-likeness (QED) is 0.634. The van der Waals surface area contributed by atoms with E-state index in [0.717, 1.165) is 25.3 Å². The molecule has 2 aliphatic heterocycles. The number of rotatable bonds is 4. The smallest absolute Gasteiger partial charge is 0.262 e. The molecule has 0 aliphatic carbocycles. The summed E-state index contributed by atoms with van der Waals surface area (Å²) in [6, 6.07) is 16.4. The third-order valence-electron chi connectivity index (χ3n) is 5.74. The lowest BCUT2D eigenvalue weighted by molar-refractivity contribution is -0.131. The molecular weight excluding hydrogens is 406 g/mol. The van der Waals surface area contributed by atoms with Crippen LogP contribution in [0, 0.1) is 0 Å². The fourth-order valence-electron chi connectivity index (χ4n) is 4.03. The number of piperazine rings is 1. The molecular formula is C24H23N5O3. The largest absolute Gasteiger partial charge is 0.436 e. The Labute approximate surface area is 186 Å². The summed E-state index contributed by atoms with van der Waals surface area (Å²) in [5.74, 6) is 0.397. The van der Waals surface area contributed by atoms with E-state index in [1.54, 1.807) is 48.8 Å². The van der Waals surface area contributed by atoms with Gasteiger partial charge in [-0.05, 0) is 36.4 Å². The number of hydrogen-bond donors (Lipinski definition) is 0. The van der Waals surface area contributed by atoms with Gasteiger partial charge in [0.25, 0.3) is 5.91 Å². The molecule has 162 valence electrons. The highest BCUT2D eigenvalue weighted by atomic mass is 16.5. The first-order valence-corrected chi connectivity index (χ1v) is 10.6. The molecule has 0 spiro atoms. The number of para-hydroxylation sites is 1. The molecule has 4 heterocycles. The van der Waals surface area contributed by atoms with Crippen molar-refractivity contribution in [1.29, 1.82) is 0 Å². The normalized spacial score (nSPS) is 16.1. The third-order valence-corrected chi connectivity index (χ3v) is 5.74. The average molecular weight is 429 g/mol. The Hall–Kier alpha value is -3.78. The van der Waals surface area contributed by atoms with Crippen LogP contribution in [-0.2, 0) is 11.3 Å². The lowest BCUT2D eigenvalue weighted by Crippen LogP contribution is -2.51. The highest BCUT2D eigenvalue weighted by Crippen LogP contribution is 2.36. The molecule has 1 aromatic carbocycles. The summed E-state index contributed by atoms with van der Waals surface area (Å²) in [6.07, 6.45) is 3.40. The average Bonchev–Trinajstić information content (AvgIpc) is 2.95. The van der Waals surface area contributed by atoms with Gasteiger partial charge in [-0.25, -0.2) is 4.98 Å². The van der Waals surface area contributed by atoms with Gasteiger partial charge in [0.05, 0.1) is 11.3 Å². The number of pyridine rings is 2. The number of ether oxygens (including phenoxy) is 1. The molecule has 1 saturated heterocycles. The van der Waals surface area contributed by atoms with Gasteiger partial charge in [0.1, 0.15) is 18.0 Å². The van der Waals surface area contributed by atoms with E-state index in [-0.39, 0.29) is 18.4 Å². The van der Waals surface area contributed by atoms with Gasteiger partial charge in [-0.1, -0.05) is 18.2 Å². The molecule has 0 unspecified atom stereocenters. The molecule has 8 heteroatoms. The summed E-state index contributed by atoms with van der Waals surface area (Å²) < 4.78 is 5.89. The first-order chi connectivity index (χ1) is 15.7. The number of anilines is 1. The van der Waals surface area contributed by atoms with E-state index in [1.807, 2.05) is 23.1 Å². The minimum absolute atomic E-state index is 0.0601. The zero-order chi connectivity index (χ0) is 21.9. The Morgan fingerprint density at radius 3 is 2.50 bits per heavy atom. The minimum Gasteiger partial charge on any atom is -0.436 e. The van der Waals surface area contributed by atoms with Crippen LogP contribution in [0.3, 0.4) is 0 Å². The number of carbonyl (C=O) groups excluding carboxylic acids is 2. The molecule has 2 aromatic heterocycles. The maximum atomic E-state index is 13.3. The van der Waals surface area contributed by atoms with Crippen molar-refractivity contribution in [2.24, 2.45) is 0 Å². The van der Waals surface area contributed by atoms with Crippen molar-refractivity contribution in [2.45, 2.75) is 6.54 Å². The summed E-state index contributed by atoms with van der Waals surface area (Å²) in [5, 5.41) is 0. The lowest BCUT2D eigenvalue weighted by atomic mass is 10.1. The summed E-state index contributed by atoms with van der Waals surface area (Å²) in [6.45, 7) is 3.46. The molecule has 32 heavy (non-hydrogen) atoms. The van der Waals surface area contributed by atoms with Gasteiger partial charge in [-0.3, -0.25) is 24.4 Å². The van der Waals surface area contributed by atoms with Crippen LogP contribution in [0.5, 0.6) is 11.6 Å². The molecule has 8 nitrogen and oxygen atoms in total. The zero-order valence-electron chi connectivity index (χ0n) is 17.6. The molecule has 0 bridgehead atoms. The lowest BCUT2D eigenvalue weighted by Gasteiger charge is -2.35. The second-order valence-corrected chi connectivity index (χ2v) is 7.80. The van der Waals surface area contributed by atoms with E-state index < -0.39 is 0 Å². The second kappa shape index (κ2) is 8.76. The third kappa shape index (κ3) is 4.04. The van der Waals surface area contributed by atoms with Gasteiger partial charge >= 0.3 is 0 Å². The number of hydrogen-bond acceptors (Lipinski definition) is 6. The maximum Gasteiger partial charge on any atom is 0.262 e. The van der Waals surface area contributed by atoms with Crippen molar-refractivity contribution < 1.29 is 14.3 Å². The molecule has 2 amide bonds. The SMILES string of the molecule is O=C(CN1C(=O)c2ccccc2Oc2ncccc21)N1CCN(Cc2ccccn2)CC1. The summed E-state index contributed by atoms with van der Waals surface area (Å²) in [5.41, 5.74) is 1.93. The molecule has 0 saturated carbocycles. The van der Waals surface area contributed by atoms with E-state index in [1.165, 1.54) is 4.90 Å². The van der Waals surface area contributed by atoms with Crippen molar-refractivity contribution in [3.05, 3.63) is 78.2 Å². The van der Waals surface area contributed by atoms with Gasteiger partial charge in [0.2, 0.25) is 11.8 Å². The number of carbonyl (C=O) groups is 2. The number of aromatic nitrogens is 2. The topological polar surface area (TPSA) is 78.9 Å². The van der Waals surface area contributed by atoms with E-state index in [2.05, 4.69) is 14.9 Å². The maximum absolute atomic E-state index is 13.3. The van der Waals surface area contributed by atoms with Gasteiger partial charge in [-0.15, -0.1) is 0 Å². The highest BCUT2D eigenvalue weighted by Gasteiger charge is 2.32. The Morgan fingerprint density at radius 2 is 1.69 bits per heavy atom. The first kappa shape index (κ1) is 20.1. The fraction of sp³-hybridized carbons (Fsp3) is 0.250. The van der Waals surface area contributed by atoms with Crippen LogP contribution in [0.4, 0.5) is 5.69 Å². The predicted octanol–water partition coefficient (Wildman–Crippen LogP) is 2.57. The zero-order valence-corrected chi connectivity index (χ0v) is 17.6. The van der Waals surface area contributed by atoms with Gasteiger partial charge < -0.3 is 9.64 Å². The Kier molecular flexibility index (Phi) is 5.51. The number of nitrogens with zero attached hydrogens (tertiary/aromatic N) is 5. The molecule has 0 radical (unpaired) electrons. The molecule has 0 atom stereocenters. The van der Waals surface area contributed by atoms with Gasteiger partial charge in [0, 0.05) is 45.1 Å².